The number of nitrogens with zero attached hydrogens (tertiary/aromatic N) is 2. The van der Waals surface area contributed by atoms with Crippen LogP contribution in [0.3, 0.4) is 0 Å². The minimum Gasteiger partial charge on any atom is -0.257 e. The molecule has 0 unspecified atom stereocenters. The molecule has 0 spiro atoms. The lowest BCUT2D eigenvalue weighted by atomic mass is 10.2. The SMILES string of the molecule is Brc1cccc(C=CC=Nc2ccc(-c3nc4ccccc4s3)cc2)c1. The molecule has 4 aromatic rings. The fourth-order valence-corrected chi connectivity index (χ4v) is 3.97. The molecule has 0 aliphatic heterocycles. The number of halogens is 1. The lowest BCUT2D eigenvalue weighted by molar-refractivity contribution is 1.46. The standard InChI is InChI=1S/C22H15BrN2S/c23-18-7-3-5-16(15-18)6-4-14-24-19-12-10-17(11-13-19)22-25-20-8-1-2-9-21(20)26-22/h1-15H. The van der Waals surface area contributed by atoms with Gasteiger partial charge in [0.15, 0.2) is 0 Å². The van der Waals surface area contributed by atoms with Crippen LogP contribution in [-0.4, -0.2) is 11.2 Å². The van der Waals surface area contributed by atoms with Crippen LogP contribution in [-0.2, 0) is 0 Å². The molecule has 1 aromatic heterocycles. The van der Waals surface area contributed by atoms with Gasteiger partial charge in [0.25, 0.3) is 0 Å². The first-order valence-electron chi connectivity index (χ1n) is 8.20. The molecule has 0 amide bonds. The fraction of sp³-hybridized carbons (Fsp3) is 0. The van der Waals surface area contributed by atoms with E-state index >= 15 is 0 Å². The number of para-hydroxylation sites is 1. The Kier molecular flexibility index (Phi) is 5.04. The molecule has 26 heavy (non-hydrogen) atoms. The lowest BCUT2D eigenvalue weighted by Crippen LogP contribution is -1.75. The van der Waals surface area contributed by atoms with Crippen molar-refractivity contribution in [3.8, 4) is 10.6 Å². The van der Waals surface area contributed by atoms with Crippen molar-refractivity contribution in [2.24, 2.45) is 4.99 Å². The molecule has 0 saturated carbocycles. The molecule has 4 heteroatoms. The van der Waals surface area contributed by atoms with Crippen LogP contribution >= 0.6 is 27.3 Å². The third kappa shape index (κ3) is 3.98. The van der Waals surface area contributed by atoms with Gasteiger partial charge < -0.3 is 0 Å². The van der Waals surface area contributed by atoms with Gasteiger partial charge in [-0.25, -0.2) is 4.98 Å². The summed E-state index contributed by atoms with van der Waals surface area (Å²) in [4.78, 5) is 9.17. The van der Waals surface area contributed by atoms with E-state index in [0.29, 0.717) is 0 Å². The van der Waals surface area contributed by atoms with E-state index in [4.69, 9.17) is 4.98 Å². The number of hydrogen-bond donors (Lipinski definition) is 0. The van der Waals surface area contributed by atoms with E-state index in [1.165, 1.54) is 4.70 Å². The zero-order valence-corrected chi connectivity index (χ0v) is 16.2. The first kappa shape index (κ1) is 16.9. The van der Waals surface area contributed by atoms with Crippen LogP contribution in [0.1, 0.15) is 5.56 Å². The zero-order chi connectivity index (χ0) is 17.8. The van der Waals surface area contributed by atoms with Gasteiger partial charge in [0, 0.05) is 16.3 Å². The largest absolute Gasteiger partial charge is 0.257 e. The molecule has 0 radical (unpaired) electrons. The summed E-state index contributed by atoms with van der Waals surface area (Å²) in [5.41, 5.74) is 4.23. The molecule has 0 N–H and O–H groups in total. The Labute approximate surface area is 164 Å². The highest BCUT2D eigenvalue weighted by Gasteiger charge is 2.05. The maximum absolute atomic E-state index is 4.69. The number of aliphatic imine (C=N–C) groups is 1. The Morgan fingerprint density at radius 1 is 0.923 bits per heavy atom. The first-order valence-corrected chi connectivity index (χ1v) is 9.81. The van der Waals surface area contributed by atoms with Gasteiger partial charge in [-0.05, 0) is 60.2 Å². The highest BCUT2D eigenvalue weighted by atomic mass is 79.9. The van der Waals surface area contributed by atoms with Gasteiger partial charge in [-0.15, -0.1) is 11.3 Å². The van der Waals surface area contributed by atoms with Crippen LogP contribution in [0.15, 0.2) is 88.3 Å². The van der Waals surface area contributed by atoms with E-state index in [9.17, 15) is 0 Å². The molecule has 0 fully saturated rings. The van der Waals surface area contributed by atoms with Crippen molar-refractivity contribution in [2.45, 2.75) is 0 Å². The quantitative estimate of drug-likeness (QED) is 0.323. The second-order valence-electron chi connectivity index (χ2n) is 5.73. The number of rotatable bonds is 4. The van der Waals surface area contributed by atoms with E-state index < -0.39 is 0 Å². The smallest absolute Gasteiger partial charge is 0.124 e. The Morgan fingerprint density at radius 2 is 1.77 bits per heavy atom. The van der Waals surface area contributed by atoms with Crippen molar-refractivity contribution in [1.82, 2.24) is 4.98 Å². The molecule has 0 atom stereocenters. The summed E-state index contributed by atoms with van der Waals surface area (Å²) in [5, 5.41) is 1.04. The van der Waals surface area contributed by atoms with E-state index in [1.807, 2.05) is 60.8 Å². The van der Waals surface area contributed by atoms with Gasteiger partial charge >= 0.3 is 0 Å². The van der Waals surface area contributed by atoms with Gasteiger partial charge in [-0.1, -0.05) is 46.3 Å². The Balaban J connectivity index is 1.47. The van der Waals surface area contributed by atoms with Crippen molar-refractivity contribution in [1.29, 1.82) is 0 Å². The summed E-state index contributed by atoms with van der Waals surface area (Å²) < 4.78 is 2.28. The maximum Gasteiger partial charge on any atom is 0.124 e. The zero-order valence-electron chi connectivity index (χ0n) is 13.8. The van der Waals surface area contributed by atoms with Gasteiger partial charge in [0.2, 0.25) is 0 Å². The predicted molar refractivity (Wildman–Crippen MR) is 116 cm³/mol. The third-order valence-corrected chi connectivity index (χ3v) is 5.43. The van der Waals surface area contributed by atoms with E-state index in [1.54, 1.807) is 11.3 Å². The molecule has 0 aliphatic rings. The average molecular weight is 419 g/mol. The summed E-state index contributed by atoms with van der Waals surface area (Å²) in [6.07, 6.45) is 5.79. The van der Waals surface area contributed by atoms with Crippen molar-refractivity contribution >= 4 is 55.5 Å². The second kappa shape index (κ2) is 7.77. The van der Waals surface area contributed by atoms with Crippen molar-refractivity contribution in [3.05, 3.63) is 88.9 Å². The van der Waals surface area contributed by atoms with Crippen molar-refractivity contribution < 1.29 is 0 Å². The number of fused-ring (bicyclic) bond motifs is 1. The van der Waals surface area contributed by atoms with Crippen LogP contribution in [0.2, 0.25) is 0 Å². The summed E-state index contributed by atoms with van der Waals surface area (Å²) in [6.45, 7) is 0. The minimum atomic E-state index is 0.925. The summed E-state index contributed by atoms with van der Waals surface area (Å²) >= 11 is 5.19. The summed E-state index contributed by atoms with van der Waals surface area (Å²) in [7, 11) is 0. The minimum absolute atomic E-state index is 0.925. The number of aromatic nitrogens is 1. The summed E-state index contributed by atoms with van der Waals surface area (Å²) in [6, 6.07) is 24.5. The van der Waals surface area contributed by atoms with Gasteiger partial charge in [-0.2, -0.15) is 0 Å². The monoisotopic (exact) mass is 418 g/mol. The normalized spacial score (nSPS) is 11.7. The van der Waals surface area contributed by atoms with Gasteiger partial charge in [0.1, 0.15) is 5.01 Å². The van der Waals surface area contributed by atoms with E-state index in [-0.39, 0.29) is 0 Å². The molecule has 1 heterocycles. The lowest BCUT2D eigenvalue weighted by Gasteiger charge is -1.97. The van der Waals surface area contributed by atoms with Gasteiger partial charge in [-0.3, -0.25) is 4.99 Å². The second-order valence-corrected chi connectivity index (χ2v) is 7.67. The third-order valence-electron chi connectivity index (χ3n) is 3.86. The number of benzene rings is 3. The Morgan fingerprint density at radius 3 is 2.58 bits per heavy atom. The number of thiazole rings is 1. The molecular formula is C22H15BrN2S. The Hall–Kier alpha value is -2.56. The molecule has 0 bridgehead atoms. The maximum atomic E-state index is 4.69. The van der Waals surface area contributed by atoms with Crippen LogP contribution in [0.25, 0.3) is 26.9 Å². The molecule has 126 valence electrons. The van der Waals surface area contributed by atoms with Crippen LogP contribution in [0.4, 0.5) is 5.69 Å². The molecule has 0 saturated heterocycles. The molecule has 2 nitrogen and oxygen atoms in total. The van der Waals surface area contributed by atoms with Crippen LogP contribution in [0, 0.1) is 0 Å². The number of allylic oxidation sites excluding steroid dienone is 1. The molecular weight excluding hydrogens is 404 g/mol. The molecule has 3 aromatic carbocycles. The van der Waals surface area contributed by atoms with Gasteiger partial charge in [0.05, 0.1) is 15.9 Å². The van der Waals surface area contributed by atoms with Crippen molar-refractivity contribution in [3.63, 3.8) is 0 Å². The molecule has 0 aliphatic carbocycles. The Bertz CT molecular complexity index is 1060. The van der Waals surface area contributed by atoms with E-state index in [2.05, 4.69) is 51.3 Å². The average Bonchev–Trinajstić information content (AvgIpc) is 3.10. The highest BCUT2D eigenvalue weighted by Crippen LogP contribution is 2.30. The fourth-order valence-electron chi connectivity index (χ4n) is 2.58. The topological polar surface area (TPSA) is 25.2 Å². The first-order chi connectivity index (χ1) is 12.8. The summed E-state index contributed by atoms with van der Waals surface area (Å²) in [5.74, 6) is 0. The van der Waals surface area contributed by atoms with Crippen LogP contribution in [0.5, 0.6) is 0 Å². The number of hydrogen-bond acceptors (Lipinski definition) is 3. The predicted octanol–water partition coefficient (Wildman–Crippen LogP) is 7.14. The highest BCUT2D eigenvalue weighted by molar-refractivity contribution is 9.10. The molecule has 4 rings (SSSR count). The van der Waals surface area contributed by atoms with Crippen LogP contribution < -0.4 is 0 Å². The van der Waals surface area contributed by atoms with Crippen molar-refractivity contribution in [2.75, 3.05) is 0 Å². The van der Waals surface area contributed by atoms with E-state index in [0.717, 1.165) is 31.8 Å².